The summed E-state index contributed by atoms with van der Waals surface area (Å²) in [4.78, 5) is 35.7. The van der Waals surface area contributed by atoms with Crippen LogP contribution in [0.3, 0.4) is 0 Å². The zero-order chi connectivity index (χ0) is 29.0. The summed E-state index contributed by atoms with van der Waals surface area (Å²) < 4.78 is 11.1. The molecule has 4 rings (SSSR count). The number of hydroxylamine groups is 2. The number of nitrogens with zero attached hydrogens (tertiary/aromatic N) is 1. The van der Waals surface area contributed by atoms with Crippen LogP contribution in [0.5, 0.6) is 5.75 Å². The molecule has 1 aliphatic heterocycles. The second kappa shape index (κ2) is 12.7. The van der Waals surface area contributed by atoms with Crippen molar-refractivity contribution in [1.82, 2.24) is 10.5 Å². The SMILES string of the molecule is CON(OC1O[C@H](CO)[C@@H](O)[C@H](O)[C@H]1NC(=O)O)C(C)CC(c1ccccc1)c1c(O)c2ccccc2oc1=O. The molecule has 2 aromatic carbocycles. The number of ether oxygens (including phenoxy) is 1. The summed E-state index contributed by atoms with van der Waals surface area (Å²) in [6, 6.07) is 13.5. The average molecular weight is 561 g/mol. The number of aliphatic hydroxyl groups excluding tert-OH is 3. The number of carboxylic acid groups (broad SMARTS) is 1. The van der Waals surface area contributed by atoms with Crippen LogP contribution in [0.4, 0.5) is 4.79 Å². The average Bonchev–Trinajstić information content (AvgIpc) is 2.94. The highest BCUT2D eigenvalue weighted by Crippen LogP contribution is 2.37. The molecule has 0 saturated carbocycles. The molecular formula is C27H32N2O11. The van der Waals surface area contributed by atoms with E-state index in [0.29, 0.717) is 10.9 Å². The van der Waals surface area contributed by atoms with E-state index in [-0.39, 0.29) is 23.3 Å². The Bertz CT molecular complexity index is 1350. The third kappa shape index (κ3) is 6.10. The van der Waals surface area contributed by atoms with Gasteiger partial charge in [0.25, 0.3) is 0 Å². The Hall–Kier alpha value is -3.56. The van der Waals surface area contributed by atoms with Gasteiger partial charge in [-0.15, -0.1) is 0 Å². The molecule has 2 heterocycles. The molecular weight excluding hydrogens is 528 g/mol. The third-order valence-electron chi connectivity index (χ3n) is 6.87. The largest absolute Gasteiger partial charge is 0.507 e. The lowest BCUT2D eigenvalue weighted by molar-refractivity contribution is -0.444. The summed E-state index contributed by atoms with van der Waals surface area (Å²) in [6.45, 7) is 1.02. The van der Waals surface area contributed by atoms with Crippen LogP contribution >= 0.6 is 0 Å². The number of hydrogen-bond acceptors (Lipinski definition) is 11. The summed E-state index contributed by atoms with van der Waals surface area (Å²) in [7, 11) is 1.28. The van der Waals surface area contributed by atoms with Gasteiger partial charge in [-0.2, -0.15) is 0 Å². The summed E-state index contributed by atoms with van der Waals surface area (Å²) in [5.74, 6) is -0.918. The lowest BCUT2D eigenvalue weighted by atomic mass is 9.86. The molecule has 0 aliphatic carbocycles. The summed E-state index contributed by atoms with van der Waals surface area (Å²) in [5.41, 5.74) is 0.250. The van der Waals surface area contributed by atoms with Gasteiger partial charge < -0.3 is 40.0 Å². The summed E-state index contributed by atoms with van der Waals surface area (Å²) in [6.07, 6.45) is -7.41. The maximum Gasteiger partial charge on any atom is 0.405 e. The second-order valence-corrected chi connectivity index (χ2v) is 9.45. The third-order valence-corrected chi connectivity index (χ3v) is 6.87. The van der Waals surface area contributed by atoms with Gasteiger partial charge in [-0.25, -0.2) is 14.4 Å². The molecule has 0 radical (unpaired) electrons. The normalized spacial score (nSPS) is 24.6. The maximum absolute atomic E-state index is 13.1. The van der Waals surface area contributed by atoms with E-state index in [1.165, 1.54) is 7.11 Å². The fourth-order valence-corrected chi connectivity index (χ4v) is 4.89. The molecule has 40 heavy (non-hydrogen) atoms. The van der Waals surface area contributed by atoms with Gasteiger partial charge in [0.2, 0.25) is 6.29 Å². The minimum Gasteiger partial charge on any atom is -0.507 e. The zero-order valence-electron chi connectivity index (χ0n) is 21.8. The molecule has 1 fully saturated rings. The number of carbonyl (C=O) groups is 1. The van der Waals surface area contributed by atoms with Gasteiger partial charge in [-0.3, -0.25) is 4.84 Å². The molecule has 7 atom stereocenters. The van der Waals surface area contributed by atoms with Gasteiger partial charge in [0.1, 0.15) is 35.7 Å². The number of amides is 1. The second-order valence-electron chi connectivity index (χ2n) is 9.45. The van der Waals surface area contributed by atoms with Crippen molar-refractivity contribution in [2.75, 3.05) is 13.7 Å². The highest BCUT2D eigenvalue weighted by atomic mass is 17.0. The first-order chi connectivity index (χ1) is 19.2. The van der Waals surface area contributed by atoms with Crippen molar-refractivity contribution in [2.45, 2.75) is 55.9 Å². The van der Waals surface area contributed by atoms with Crippen LogP contribution in [0.2, 0.25) is 0 Å². The number of benzene rings is 2. The molecule has 216 valence electrons. The van der Waals surface area contributed by atoms with Crippen molar-refractivity contribution in [3.05, 3.63) is 76.1 Å². The van der Waals surface area contributed by atoms with Crippen LogP contribution in [0.15, 0.2) is 63.8 Å². The highest BCUT2D eigenvalue weighted by molar-refractivity contribution is 5.84. The molecule has 1 saturated heterocycles. The molecule has 1 aromatic heterocycles. The Labute approximate surface area is 228 Å². The molecule has 6 N–H and O–H groups in total. The smallest absolute Gasteiger partial charge is 0.405 e. The van der Waals surface area contributed by atoms with E-state index in [1.807, 2.05) is 6.07 Å². The van der Waals surface area contributed by atoms with Crippen LogP contribution < -0.4 is 10.9 Å². The number of nitrogens with one attached hydrogen (secondary N) is 1. The zero-order valence-corrected chi connectivity index (χ0v) is 21.8. The van der Waals surface area contributed by atoms with Crippen molar-refractivity contribution in [3.8, 4) is 5.75 Å². The van der Waals surface area contributed by atoms with Crippen LogP contribution in [-0.2, 0) is 14.4 Å². The Morgan fingerprint density at radius 2 is 1.77 bits per heavy atom. The first kappa shape index (κ1) is 29.4. The molecule has 13 heteroatoms. The van der Waals surface area contributed by atoms with Crippen molar-refractivity contribution in [2.24, 2.45) is 0 Å². The molecule has 3 aromatic rings. The fourth-order valence-electron chi connectivity index (χ4n) is 4.89. The topological polar surface area (TPSA) is 191 Å². The fraction of sp³-hybridized carbons (Fsp3) is 0.407. The van der Waals surface area contributed by atoms with Crippen molar-refractivity contribution in [3.63, 3.8) is 0 Å². The predicted molar refractivity (Wildman–Crippen MR) is 139 cm³/mol. The van der Waals surface area contributed by atoms with Crippen molar-refractivity contribution >= 4 is 17.1 Å². The van der Waals surface area contributed by atoms with Gasteiger partial charge in [0, 0.05) is 5.92 Å². The van der Waals surface area contributed by atoms with Crippen molar-refractivity contribution in [1.29, 1.82) is 0 Å². The summed E-state index contributed by atoms with van der Waals surface area (Å²) in [5, 5.41) is 54.1. The molecule has 1 amide bonds. The summed E-state index contributed by atoms with van der Waals surface area (Å²) >= 11 is 0. The molecule has 0 spiro atoms. The van der Waals surface area contributed by atoms with Gasteiger partial charge >= 0.3 is 11.7 Å². The van der Waals surface area contributed by atoms with E-state index in [1.54, 1.807) is 55.5 Å². The Balaban J connectivity index is 1.66. The number of hydrogen-bond donors (Lipinski definition) is 6. The molecule has 3 unspecified atom stereocenters. The van der Waals surface area contributed by atoms with Gasteiger partial charge in [-0.1, -0.05) is 47.7 Å². The lowest BCUT2D eigenvalue weighted by Gasteiger charge is -2.43. The van der Waals surface area contributed by atoms with Crippen LogP contribution in [-0.4, -0.2) is 87.3 Å². The first-order valence-electron chi connectivity index (χ1n) is 12.6. The van der Waals surface area contributed by atoms with Crippen LogP contribution in [0.25, 0.3) is 11.0 Å². The van der Waals surface area contributed by atoms with E-state index in [9.17, 15) is 35.1 Å². The van der Waals surface area contributed by atoms with Crippen LogP contribution in [0, 0.1) is 0 Å². The number of para-hydroxylation sites is 1. The predicted octanol–water partition coefficient (Wildman–Crippen LogP) is 1.28. The van der Waals surface area contributed by atoms with Crippen molar-refractivity contribution < 1.29 is 49.2 Å². The Morgan fingerprint density at radius 1 is 1.10 bits per heavy atom. The number of rotatable bonds is 10. The van der Waals surface area contributed by atoms with E-state index >= 15 is 0 Å². The van der Waals surface area contributed by atoms with E-state index in [2.05, 4.69) is 5.32 Å². The maximum atomic E-state index is 13.1. The minimum atomic E-state index is -1.67. The monoisotopic (exact) mass is 560 g/mol. The van der Waals surface area contributed by atoms with E-state index in [4.69, 9.17) is 18.8 Å². The molecule has 1 aliphatic rings. The minimum absolute atomic E-state index is 0.0334. The number of aliphatic hydroxyl groups is 3. The first-order valence-corrected chi connectivity index (χ1v) is 12.6. The molecule has 0 bridgehead atoms. The highest BCUT2D eigenvalue weighted by Gasteiger charge is 2.47. The van der Waals surface area contributed by atoms with E-state index in [0.717, 1.165) is 5.23 Å². The standard InChI is InChI=1S/C27H32N2O11/c1-14(29(37-2)40-26-21(28-27(35)36)24(33)23(32)19(13-30)39-26)12-17(15-8-4-3-5-9-15)20-22(31)16-10-6-7-11-18(16)38-25(20)34/h3-11,14,17,19,21,23-24,26,28,30-33H,12-13H2,1-2H3,(H,35,36)/t14?,17?,19-,21-,23-,24-,26?/m1/s1. The van der Waals surface area contributed by atoms with Gasteiger partial charge in [0.15, 0.2) is 0 Å². The Kier molecular flexibility index (Phi) is 9.37. The van der Waals surface area contributed by atoms with Gasteiger partial charge in [0.05, 0.1) is 30.7 Å². The number of fused-ring (bicyclic) bond motifs is 1. The number of aromatic hydroxyl groups is 1. The van der Waals surface area contributed by atoms with Crippen LogP contribution in [0.1, 0.15) is 30.4 Å². The Morgan fingerprint density at radius 3 is 2.42 bits per heavy atom. The van der Waals surface area contributed by atoms with Gasteiger partial charge in [-0.05, 0) is 31.0 Å². The lowest BCUT2D eigenvalue weighted by Crippen LogP contribution is -2.65. The van der Waals surface area contributed by atoms with E-state index < -0.39 is 60.9 Å². The quantitative estimate of drug-likeness (QED) is 0.154. The molecule has 13 nitrogen and oxygen atoms in total.